The molecule has 0 radical (unpaired) electrons. The summed E-state index contributed by atoms with van der Waals surface area (Å²) in [6, 6.07) is 1.79. The predicted molar refractivity (Wildman–Crippen MR) is 81.7 cm³/mol. The van der Waals surface area contributed by atoms with Crippen molar-refractivity contribution in [3.8, 4) is 0 Å². The van der Waals surface area contributed by atoms with Gasteiger partial charge in [-0.1, -0.05) is 0 Å². The molecule has 0 aliphatic heterocycles. The zero-order chi connectivity index (χ0) is 15.0. The summed E-state index contributed by atoms with van der Waals surface area (Å²) in [6.45, 7) is 6.46. The molecule has 3 rings (SSSR count). The van der Waals surface area contributed by atoms with Crippen LogP contribution in [0.5, 0.6) is 0 Å². The van der Waals surface area contributed by atoms with Crippen LogP contribution in [-0.4, -0.2) is 24.5 Å². The van der Waals surface area contributed by atoms with E-state index in [-0.39, 0.29) is 11.6 Å². The molecular formula is C15H20N6. The van der Waals surface area contributed by atoms with Crippen LogP contribution in [0.1, 0.15) is 38.3 Å². The third-order valence-corrected chi connectivity index (χ3v) is 3.48. The number of imidazole rings is 2. The van der Waals surface area contributed by atoms with Gasteiger partial charge in [-0.25, -0.2) is 9.97 Å². The maximum absolute atomic E-state index is 6.40. The van der Waals surface area contributed by atoms with Crippen LogP contribution in [0.3, 0.4) is 0 Å². The molecule has 0 amide bonds. The Morgan fingerprint density at radius 2 is 2.10 bits per heavy atom. The number of nitrogens with zero attached hydrogens (tertiary/aromatic N) is 4. The minimum Gasteiger partial charge on any atom is -0.348 e. The molecule has 0 bridgehead atoms. The highest BCUT2D eigenvalue weighted by molar-refractivity contribution is 5.75. The van der Waals surface area contributed by atoms with Gasteiger partial charge in [-0.3, -0.25) is 4.98 Å². The Labute approximate surface area is 123 Å². The monoisotopic (exact) mass is 284 g/mol. The highest BCUT2D eigenvalue weighted by atomic mass is 15.2. The maximum Gasteiger partial charge on any atom is 0.127 e. The second-order valence-corrected chi connectivity index (χ2v) is 6.23. The number of aromatic nitrogens is 5. The molecule has 0 saturated heterocycles. The maximum atomic E-state index is 6.40. The first-order valence-corrected chi connectivity index (χ1v) is 7.02. The Kier molecular flexibility index (Phi) is 3.25. The van der Waals surface area contributed by atoms with Crippen molar-refractivity contribution in [2.45, 2.75) is 38.8 Å². The Morgan fingerprint density at radius 1 is 1.29 bits per heavy atom. The summed E-state index contributed by atoms with van der Waals surface area (Å²) in [5, 5.41) is 0. The number of nitrogens with one attached hydrogen (secondary N) is 1. The molecule has 21 heavy (non-hydrogen) atoms. The van der Waals surface area contributed by atoms with Crippen molar-refractivity contribution in [1.29, 1.82) is 0 Å². The van der Waals surface area contributed by atoms with Crippen molar-refractivity contribution in [2.24, 2.45) is 5.73 Å². The summed E-state index contributed by atoms with van der Waals surface area (Å²) in [6.07, 6.45) is 7.71. The van der Waals surface area contributed by atoms with E-state index in [1.165, 1.54) is 0 Å². The van der Waals surface area contributed by atoms with Gasteiger partial charge in [0.1, 0.15) is 11.3 Å². The molecule has 3 aromatic heterocycles. The lowest BCUT2D eigenvalue weighted by molar-refractivity contribution is 0.382. The minimum atomic E-state index is -0.197. The third-order valence-electron chi connectivity index (χ3n) is 3.48. The number of hydrogen-bond acceptors (Lipinski definition) is 4. The summed E-state index contributed by atoms with van der Waals surface area (Å²) in [5.41, 5.74) is 9.24. The van der Waals surface area contributed by atoms with Gasteiger partial charge in [0, 0.05) is 30.0 Å². The van der Waals surface area contributed by atoms with Crippen LogP contribution in [0, 0.1) is 0 Å². The van der Waals surface area contributed by atoms with Gasteiger partial charge in [0.2, 0.25) is 0 Å². The van der Waals surface area contributed by atoms with E-state index in [1.807, 2.05) is 6.07 Å². The second-order valence-electron chi connectivity index (χ2n) is 6.23. The standard InChI is InChI=1S/C15H20N6/c1-15(2,3)21-13-4-5-17-8-12(13)20-14(21)11(16)6-10-7-18-9-19-10/h4-5,7-9,11H,6,16H2,1-3H3,(H,18,19). The average molecular weight is 284 g/mol. The Morgan fingerprint density at radius 3 is 2.76 bits per heavy atom. The summed E-state index contributed by atoms with van der Waals surface area (Å²) < 4.78 is 2.20. The fourth-order valence-electron chi connectivity index (χ4n) is 2.63. The number of aromatic amines is 1. The molecule has 0 aliphatic rings. The molecular weight excluding hydrogens is 264 g/mol. The van der Waals surface area contributed by atoms with E-state index in [9.17, 15) is 0 Å². The molecule has 0 spiro atoms. The highest BCUT2D eigenvalue weighted by Crippen LogP contribution is 2.28. The van der Waals surface area contributed by atoms with Crippen LogP contribution < -0.4 is 5.73 Å². The molecule has 1 atom stereocenters. The zero-order valence-electron chi connectivity index (χ0n) is 12.5. The van der Waals surface area contributed by atoms with E-state index in [2.05, 4.69) is 40.3 Å². The number of rotatable bonds is 3. The Balaban J connectivity index is 2.08. The van der Waals surface area contributed by atoms with Gasteiger partial charge in [-0.2, -0.15) is 0 Å². The molecule has 0 aliphatic carbocycles. The van der Waals surface area contributed by atoms with Crippen molar-refractivity contribution < 1.29 is 0 Å². The van der Waals surface area contributed by atoms with Gasteiger partial charge in [-0.15, -0.1) is 0 Å². The van der Waals surface area contributed by atoms with Gasteiger partial charge >= 0.3 is 0 Å². The zero-order valence-corrected chi connectivity index (χ0v) is 12.5. The number of H-pyrrole nitrogens is 1. The normalized spacial score (nSPS) is 13.7. The molecule has 6 heteroatoms. The summed E-state index contributed by atoms with van der Waals surface area (Å²) >= 11 is 0. The van der Waals surface area contributed by atoms with Crippen molar-refractivity contribution in [1.82, 2.24) is 24.5 Å². The van der Waals surface area contributed by atoms with Crippen molar-refractivity contribution in [3.05, 3.63) is 42.5 Å². The first kappa shape index (κ1) is 13.8. The van der Waals surface area contributed by atoms with E-state index in [0.717, 1.165) is 22.6 Å². The van der Waals surface area contributed by atoms with E-state index in [1.54, 1.807) is 24.9 Å². The van der Waals surface area contributed by atoms with Gasteiger partial charge in [0.15, 0.2) is 0 Å². The molecule has 6 nitrogen and oxygen atoms in total. The quantitative estimate of drug-likeness (QED) is 0.771. The number of hydrogen-bond donors (Lipinski definition) is 2. The van der Waals surface area contributed by atoms with Crippen LogP contribution in [0.15, 0.2) is 31.0 Å². The van der Waals surface area contributed by atoms with Crippen LogP contribution in [0.2, 0.25) is 0 Å². The van der Waals surface area contributed by atoms with Gasteiger partial charge in [0.25, 0.3) is 0 Å². The first-order valence-electron chi connectivity index (χ1n) is 7.02. The SMILES string of the molecule is CC(C)(C)n1c(C(N)Cc2cnc[nH]2)nc2cnccc21. The lowest BCUT2D eigenvalue weighted by Crippen LogP contribution is -2.28. The summed E-state index contributed by atoms with van der Waals surface area (Å²) in [4.78, 5) is 16.0. The van der Waals surface area contributed by atoms with Crippen molar-refractivity contribution >= 4 is 11.0 Å². The molecule has 3 N–H and O–H groups in total. The Hall–Kier alpha value is -2.21. The highest BCUT2D eigenvalue weighted by Gasteiger charge is 2.25. The van der Waals surface area contributed by atoms with Crippen LogP contribution >= 0.6 is 0 Å². The fourth-order valence-corrected chi connectivity index (χ4v) is 2.63. The molecule has 3 heterocycles. The third kappa shape index (κ3) is 2.54. The van der Waals surface area contributed by atoms with Crippen LogP contribution in [0.25, 0.3) is 11.0 Å². The van der Waals surface area contributed by atoms with Crippen LogP contribution in [-0.2, 0) is 12.0 Å². The molecule has 0 fully saturated rings. The van der Waals surface area contributed by atoms with Gasteiger partial charge in [-0.05, 0) is 26.8 Å². The molecule has 110 valence electrons. The predicted octanol–water partition coefficient (Wildman–Crippen LogP) is 2.15. The van der Waals surface area contributed by atoms with Gasteiger partial charge in [0.05, 0.1) is 24.1 Å². The van der Waals surface area contributed by atoms with E-state index >= 15 is 0 Å². The number of fused-ring (bicyclic) bond motifs is 1. The largest absolute Gasteiger partial charge is 0.348 e. The second kappa shape index (κ2) is 4.96. The molecule has 3 aromatic rings. The van der Waals surface area contributed by atoms with Gasteiger partial charge < -0.3 is 15.3 Å². The molecule has 1 unspecified atom stereocenters. The van der Waals surface area contributed by atoms with Crippen molar-refractivity contribution in [3.63, 3.8) is 0 Å². The van der Waals surface area contributed by atoms with E-state index in [4.69, 9.17) is 10.7 Å². The Bertz CT molecular complexity index is 735. The van der Waals surface area contributed by atoms with Crippen molar-refractivity contribution in [2.75, 3.05) is 0 Å². The lowest BCUT2D eigenvalue weighted by atomic mass is 10.1. The van der Waals surface area contributed by atoms with E-state index < -0.39 is 0 Å². The lowest BCUT2D eigenvalue weighted by Gasteiger charge is -2.26. The molecule has 0 saturated carbocycles. The summed E-state index contributed by atoms with van der Waals surface area (Å²) in [7, 11) is 0. The smallest absolute Gasteiger partial charge is 0.127 e. The molecule has 0 aromatic carbocycles. The summed E-state index contributed by atoms with van der Waals surface area (Å²) in [5.74, 6) is 0.875. The van der Waals surface area contributed by atoms with E-state index in [0.29, 0.717) is 6.42 Å². The topological polar surface area (TPSA) is 85.4 Å². The van der Waals surface area contributed by atoms with Crippen LogP contribution in [0.4, 0.5) is 0 Å². The number of nitrogens with two attached hydrogens (primary N) is 1. The first-order chi connectivity index (χ1) is 9.97. The number of pyridine rings is 1. The minimum absolute atomic E-state index is 0.100. The fraction of sp³-hybridized carbons (Fsp3) is 0.400. The average Bonchev–Trinajstić information content (AvgIpc) is 3.03.